The molecule has 0 aromatic heterocycles. The van der Waals surface area contributed by atoms with E-state index in [1.165, 1.54) is 205 Å². The minimum Gasteiger partial charge on any atom is -0.464 e. The molecule has 0 amide bonds. The maximum atomic E-state index is 12.1. The molecule has 0 spiro atoms. The summed E-state index contributed by atoms with van der Waals surface area (Å²) in [5.74, 6) is -0.472. The quantitative estimate of drug-likeness (QED) is 0.0489. The van der Waals surface area contributed by atoms with Crippen molar-refractivity contribution in [1.82, 2.24) is 0 Å². The van der Waals surface area contributed by atoms with E-state index in [2.05, 4.69) is 13.8 Å². The summed E-state index contributed by atoms with van der Waals surface area (Å²) in [7, 11) is 0. The summed E-state index contributed by atoms with van der Waals surface area (Å²) in [5, 5.41) is 20.4. The molecule has 0 heterocycles. The molecule has 2 N–H and O–H groups in total. The topological polar surface area (TPSA) is 66.8 Å². The van der Waals surface area contributed by atoms with Crippen molar-refractivity contribution < 1.29 is 19.7 Å². The molecule has 0 aromatic carbocycles. The first-order valence-corrected chi connectivity index (χ1v) is 23.1. The monoisotopic (exact) mass is 709 g/mol. The van der Waals surface area contributed by atoms with Crippen LogP contribution < -0.4 is 0 Å². The zero-order valence-electron chi connectivity index (χ0n) is 34.4. The Morgan fingerprint density at radius 3 is 0.900 bits per heavy atom. The number of aliphatic hydroxyl groups is 2. The number of carbonyl (C=O) groups is 1. The van der Waals surface area contributed by atoms with Gasteiger partial charge in [-0.05, 0) is 32.1 Å². The summed E-state index contributed by atoms with van der Waals surface area (Å²) >= 11 is 0. The van der Waals surface area contributed by atoms with Crippen LogP contribution in [0.25, 0.3) is 0 Å². The van der Waals surface area contributed by atoms with Crippen molar-refractivity contribution in [2.45, 2.75) is 283 Å². The average molecular weight is 709 g/mol. The normalized spacial score (nSPS) is 12.8. The molecular formula is C46H92O4. The summed E-state index contributed by atoms with van der Waals surface area (Å²) in [4.78, 5) is 12.1. The van der Waals surface area contributed by atoms with Gasteiger partial charge in [0.05, 0.1) is 12.7 Å². The van der Waals surface area contributed by atoms with E-state index in [1.54, 1.807) is 0 Å². The Hall–Kier alpha value is -0.610. The highest BCUT2D eigenvalue weighted by atomic mass is 16.5. The first-order chi connectivity index (χ1) is 24.6. The number of hydrogen-bond acceptors (Lipinski definition) is 4. The molecule has 2 atom stereocenters. The molecule has 0 fully saturated rings. The molecule has 0 bridgehead atoms. The van der Waals surface area contributed by atoms with Crippen molar-refractivity contribution in [2.75, 3.05) is 6.61 Å². The molecule has 0 saturated carbocycles. The number of rotatable bonds is 43. The third-order valence-corrected chi connectivity index (χ3v) is 10.9. The molecule has 0 aliphatic heterocycles. The molecule has 0 aliphatic carbocycles. The number of carbonyl (C=O) groups excluding carboxylic acids is 1. The van der Waals surface area contributed by atoms with E-state index in [0.717, 1.165) is 44.9 Å². The Morgan fingerprint density at radius 1 is 0.360 bits per heavy atom. The van der Waals surface area contributed by atoms with Crippen molar-refractivity contribution in [3.8, 4) is 0 Å². The van der Waals surface area contributed by atoms with Gasteiger partial charge < -0.3 is 14.9 Å². The van der Waals surface area contributed by atoms with E-state index in [0.29, 0.717) is 13.0 Å². The maximum absolute atomic E-state index is 12.1. The standard InChI is InChI=1S/C46H92O4/c1-3-5-7-9-11-13-15-17-19-20-21-22-23-24-25-26-28-30-32-34-36-40-44(47)41-38-39-43-50-46(49)45(48)42-37-35-33-31-29-27-18-16-14-12-10-8-6-4-2/h44-45,47-48H,3-43H2,1-2H3. The van der Waals surface area contributed by atoms with E-state index >= 15 is 0 Å². The third-order valence-electron chi connectivity index (χ3n) is 10.9. The summed E-state index contributed by atoms with van der Waals surface area (Å²) in [6, 6.07) is 0. The van der Waals surface area contributed by atoms with Crippen LogP contribution in [0.15, 0.2) is 0 Å². The Labute approximate surface area is 314 Å². The van der Waals surface area contributed by atoms with E-state index in [1.807, 2.05) is 0 Å². The largest absolute Gasteiger partial charge is 0.464 e. The second kappa shape index (κ2) is 42.8. The molecule has 2 unspecified atom stereocenters. The highest BCUT2D eigenvalue weighted by Crippen LogP contribution is 2.17. The van der Waals surface area contributed by atoms with Gasteiger partial charge >= 0.3 is 5.97 Å². The van der Waals surface area contributed by atoms with Crippen LogP contribution in [0.2, 0.25) is 0 Å². The van der Waals surface area contributed by atoms with Crippen LogP contribution in [0.3, 0.4) is 0 Å². The van der Waals surface area contributed by atoms with Crippen LogP contribution in [0, 0.1) is 0 Å². The summed E-state index contributed by atoms with van der Waals surface area (Å²) in [6.07, 6.45) is 50.1. The lowest BCUT2D eigenvalue weighted by molar-refractivity contribution is -0.154. The second-order valence-electron chi connectivity index (χ2n) is 16.1. The average Bonchev–Trinajstić information content (AvgIpc) is 3.12. The van der Waals surface area contributed by atoms with Crippen molar-refractivity contribution in [3.63, 3.8) is 0 Å². The van der Waals surface area contributed by atoms with Crippen molar-refractivity contribution >= 4 is 5.97 Å². The number of ether oxygens (including phenoxy) is 1. The first kappa shape index (κ1) is 49.4. The molecule has 50 heavy (non-hydrogen) atoms. The van der Waals surface area contributed by atoms with E-state index < -0.39 is 12.1 Å². The fourth-order valence-corrected chi connectivity index (χ4v) is 7.36. The van der Waals surface area contributed by atoms with Crippen molar-refractivity contribution in [3.05, 3.63) is 0 Å². The predicted octanol–water partition coefficient (Wildman–Crippen LogP) is 14.9. The minimum absolute atomic E-state index is 0.239. The van der Waals surface area contributed by atoms with Gasteiger partial charge in [0.15, 0.2) is 6.10 Å². The van der Waals surface area contributed by atoms with Crippen molar-refractivity contribution in [1.29, 1.82) is 0 Å². The van der Waals surface area contributed by atoms with Gasteiger partial charge in [0.1, 0.15) is 0 Å². The van der Waals surface area contributed by atoms with Crippen LogP contribution in [0.5, 0.6) is 0 Å². The molecular weight excluding hydrogens is 617 g/mol. The number of aliphatic hydroxyl groups excluding tert-OH is 2. The fourth-order valence-electron chi connectivity index (χ4n) is 7.36. The number of unbranched alkanes of at least 4 members (excludes halogenated alkanes) is 34. The Kier molecular flexibility index (Phi) is 42.3. The SMILES string of the molecule is CCCCCCCCCCCCCCCCCCCCCCCC(O)CCCCOC(=O)C(O)CCCCCCCCCCCCCCCC. The van der Waals surface area contributed by atoms with E-state index in [-0.39, 0.29) is 6.10 Å². The van der Waals surface area contributed by atoms with E-state index in [4.69, 9.17) is 4.74 Å². The van der Waals surface area contributed by atoms with Gasteiger partial charge in [-0.1, -0.05) is 239 Å². The Morgan fingerprint density at radius 2 is 0.600 bits per heavy atom. The van der Waals surface area contributed by atoms with Gasteiger partial charge in [0.25, 0.3) is 0 Å². The van der Waals surface area contributed by atoms with E-state index in [9.17, 15) is 15.0 Å². The lowest BCUT2D eigenvalue weighted by Gasteiger charge is -2.12. The zero-order chi connectivity index (χ0) is 36.4. The number of esters is 1. The second-order valence-corrected chi connectivity index (χ2v) is 16.1. The molecule has 0 saturated heterocycles. The van der Waals surface area contributed by atoms with Crippen LogP contribution in [-0.4, -0.2) is 35.0 Å². The third kappa shape index (κ3) is 40.2. The van der Waals surface area contributed by atoms with Gasteiger partial charge in [-0.15, -0.1) is 0 Å². The smallest absolute Gasteiger partial charge is 0.334 e. The molecule has 4 heteroatoms. The van der Waals surface area contributed by atoms with Gasteiger partial charge in [-0.25, -0.2) is 4.79 Å². The van der Waals surface area contributed by atoms with Gasteiger partial charge in [-0.3, -0.25) is 0 Å². The molecule has 300 valence electrons. The van der Waals surface area contributed by atoms with Crippen LogP contribution in [0.4, 0.5) is 0 Å². The minimum atomic E-state index is -0.984. The fraction of sp³-hybridized carbons (Fsp3) is 0.978. The molecule has 0 aromatic rings. The van der Waals surface area contributed by atoms with Crippen molar-refractivity contribution in [2.24, 2.45) is 0 Å². The molecule has 0 aliphatic rings. The van der Waals surface area contributed by atoms with Crippen LogP contribution in [0.1, 0.15) is 271 Å². The highest BCUT2D eigenvalue weighted by Gasteiger charge is 2.16. The van der Waals surface area contributed by atoms with Crippen LogP contribution in [-0.2, 0) is 9.53 Å². The number of hydrogen-bond donors (Lipinski definition) is 2. The molecule has 4 nitrogen and oxygen atoms in total. The van der Waals surface area contributed by atoms with Gasteiger partial charge in [-0.2, -0.15) is 0 Å². The first-order valence-electron chi connectivity index (χ1n) is 23.1. The Bertz CT molecular complexity index is 638. The molecule has 0 rings (SSSR count). The van der Waals surface area contributed by atoms with Crippen LogP contribution >= 0.6 is 0 Å². The highest BCUT2D eigenvalue weighted by molar-refractivity contribution is 5.74. The predicted molar refractivity (Wildman–Crippen MR) is 219 cm³/mol. The lowest BCUT2D eigenvalue weighted by Crippen LogP contribution is -2.23. The maximum Gasteiger partial charge on any atom is 0.334 e. The summed E-state index contributed by atoms with van der Waals surface area (Å²) in [5.41, 5.74) is 0. The molecule has 0 radical (unpaired) electrons. The van der Waals surface area contributed by atoms with Gasteiger partial charge in [0.2, 0.25) is 0 Å². The zero-order valence-corrected chi connectivity index (χ0v) is 34.4. The lowest BCUT2D eigenvalue weighted by atomic mass is 10.0. The Balaban J connectivity index is 3.32. The summed E-state index contributed by atoms with van der Waals surface area (Å²) in [6.45, 7) is 4.92. The van der Waals surface area contributed by atoms with Gasteiger partial charge in [0, 0.05) is 0 Å². The summed E-state index contributed by atoms with van der Waals surface area (Å²) < 4.78 is 5.29.